The van der Waals surface area contributed by atoms with Gasteiger partial charge in [-0.2, -0.15) is 0 Å². The lowest BCUT2D eigenvalue weighted by atomic mass is 10.1. The van der Waals surface area contributed by atoms with Gasteiger partial charge in [-0.1, -0.05) is 36.9 Å². The highest BCUT2D eigenvalue weighted by Gasteiger charge is 2.06. The Kier molecular flexibility index (Phi) is 6.20. The third kappa shape index (κ3) is 4.49. The van der Waals surface area contributed by atoms with Gasteiger partial charge >= 0.3 is 0 Å². The minimum atomic E-state index is -0.0974. The van der Waals surface area contributed by atoms with Crippen molar-refractivity contribution in [1.29, 1.82) is 0 Å². The van der Waals surface area contributed by atoms with E-state index in [0.717, 1.165) is 5.56 Å². The minimum absolute atomic E-state index is 0.0974. The van der Waals surface area contributed by atoms with Gasteiger partial charge in [0.25, 0.3) is 0 Å². The highest BCUT2D eigenvalue weighted by atomic mass is 16.5. The first-order chi connectivity index (χ1) is 11.7. The van der Waals surface area contributed by atoms with Crippen molar-refractivity contribution >= 4 is 11.9 Å². The molecular weight excluding hydrogens is 304 g/mol. The van der Waals surface area contributed by atoms with Gasteiger partial charge in [-0.25, -0.2) is 0 Å². The molecule has 0 saturated heterocycles. The average Bonchev–Trinajstić information content (AvgIpc) is 2.64. The third-order valence-electron chi connectivity index (χ3n) is 3.33. The quantitative estimate of drug-likeness (QED) is 0.415. The fraction of sp³-hybridized carbons (Fsp3) is 0.150. The number of hydrogen-bond acceptors (Lipinski definition) is 4. The molecule has 2 aromatic carbocycles. The molecule has 0 aliphatic heterocycles. The molecule has 0 N–H and O–H groups in total. The molecule has 0 aromatic heterocycles. The van der Waals surface area contributed by atoms with Gasteiger partial charge in [0.2, 0.25) is 0 Å². The van der Waals surface area contributed by atoms with Crippen LogP contribution in [0.5, 0.6) is 17.2 Å². The van der Waals surface area contributed by atoms with Crippen molar-refractivity contribution in [1.82, 2.24) is 0 Å². The molecule has 0 aliphatic carbocycles. The standard InChI is InChI=1S/C20H20O4/c1-4-12-24-19-11-9-15(13-20(19)23-3)8-10-18(21)16-6-5-7-17(14-16)22-2/h4-11,13-14H,1,12H2,2-3H3. The molecule has 2 aromatic rings. The second-order valence-electron chi connectivity index (χ2n) is 4.94. The number of benzene rings is 2. The normalized spacial score (nSPS) is 10.4. The van der Waals surface area contributed by atoms with E-state index in [-0.39, 0.29) is 5.78 Å². The molecule has 0 aliphatic rings. The minimum Gasteiger partial charge on any atom is -0.497 e. The van der Waals surface area contributed by atoms with Gasteiger partial charge in [-0.15, -0.1) is 0 Å². The van der Waals surface area contributed by atoms with Crippen molar-refractivity contribution in [3.63, 3.8) is 0 Å². The van der Waals surface area contributed by atoms with E-state index in [4.69, 9.17) is 14.2 Å². The van der Waals surface area contributed by atoms with E-state index < -0.39 is 0 Å². The van der Waals surface area contributed by atoms with Crippen LogP contribution in [0.25, 0.3) is 6.08 Å². The Hall–Kier alpha value is -3.01. The molecule has 0 saturated carbocycles. The maximum absolute atomic E-state index is 12.2. The first-order valence-corrected chi connectivity index (χ1v) is 7.46. The largest absolute Gasteiger partial charge is 0.497 e. The zero-order chi connectivity index (χ0) is 17.4. The molecule has 0 heterocycles. The highest BCUT2D eigenvalue weighted by Crippen LogP contribution is 2.28. The summed E-state index contributed by atoms with van der Waals surface area (Å²) in [4.78, 5) is 12.2. The fourth-order valence-corrected chi connectivity index (χ4v) is 2.10. The lowest BCUT2D eigenvalue weighted by molar-refractivity contribution is 0.104. The maximum atomic E-state index is 12.2. The molecule has 4 nitrogen and oxygen atoms in total. The highest BCUT2D eigenvalue weighted by molar-refractivity contribution is 6.07. The van der Waals surface area contributed by atoms with Gasteiger partial charge in [-0.05, 0) is 35.9 Å². The van der Waals surface area contributed by atoms with E-state index in [1.54, 1.807) is 56.7 Å². The Morgan fingerprint density at radius 2 is 1.92 bits per heavy atom. The van der Waals surface area contributed by atoms with E-state index >= 15 is 0 Å². The molecule has 0 unspecified atom stereocenters. The predicted octanol–water partition coefficient (Wildman–Crippen LogP) is 4.16. The zero-order valence-corrected chi connectivity index (χ0v) is 13.8. The summed E-state index contributed by atoms with van der Waals surface area (Å²) in [6.45, 7) is 4.02. The third-order valence-corrected chi connectivity index (χ3v) is 3.33. The molecule has 124 valence electrons. The summed E-state index contributed by atoms with van der Waals surface area (Å²) in [6.07, 6.45) is 4.93. The zero-order valence-electron chi connectivity index (χ0n) is 13.8. The number of ether oxygens (including phenoxy) is 3. The smallest absolute Gasteiger partial charge is 0.185 e. The summed E-state index contributed by atoms with van der Waals surface area (Å²) < 4.78 is 15.9. The number of hydrogen-bond donors (Lipinski definition) is 0. The molecule has 0 radical (unpaired) electrons. The van der Waals surface area contributed by atoms with Crippen LogP contribution in [0, 0.1) is 0 Å². The van der Waals surface area contributed by atoms with Crippen LogP contribution in [0.3, 0.4) is 0 Å². The van der Waals surface area contributed by atoms with Crippen LogP contribution in [-0.4, -0.2) is 26.6 Å². The number of carbonyl (C=O) groups is 1. The summed E-state index contributed by atoms with van der Waals surface area (Å²) in [5.74, 6) is 1.79. The topological polar surface area (TPSA) is 44.8 Å². The summed E-state index contributed by atoms with van der Waals surface area (Å²) in [5.41, 5.74) is 1.41. The number of methoxy groups -OCH3 is 2. The first kappa shape index (κ1) is 17.3. The number of carbonyl (C=O) groups excluding carboxylic acids is 1. The van der Waals surface area contributed by atoms with Crippen molar-refractivity contribution < 1.29 is 19.0 Å². The maximum Gasteiger partial charge on any atom is 0.185 e. The van der Waals surface area contributed by atoms with Gasteiger partial charge < -0.3 is 14.2 Å². The molecular formula is C20H20O4. The van der Waals surface area contributed by atoms with Crippen molar-refractivity contribution in [2.45, 2.75) is 0 Å². The molecule has 24 heavy (non-hydrogen) atoms. The summed E-state index contributed by atoms with van der Waals surface area (Å²) in [5, 5.41) is 0. The molecule has 0 amide bonds. The summed E-state index contributed by atoms with van der Waals surface area (Å²) in [7, 11) is 3.15. The van der Waals surface area contributed by atoms with E-state index in [2.05, 4.69) is 6.58 Å². The number of rotatable bonds is 8. The lowest BCUT2D eigenvalue weighted by Crippen LogP contribution is -1.97. The molecule has 2 rings (SSSR count). The van der Waals surface area contributed by atoms with Gasteiger partial charge in [0.15, 0.2) is 17.3 Å². The van der Waals surface area contributed by atoms with Crippen LogP contribution in [0.15, 0.2) is 61.2 Å². The molecule has 0 atom stereocenters. The Morgan fingerprint density at radius 1 is 1.08 bits per heavy atom. The molecule has 4 heteroatoms. The SMILES string of the molecule is C=CCOc1ccc(C=CC(=O)c2cccc(OC)c2)cc1OC. The van der Waals surface area contributed by atoms with Crippen LogP contribution in [0.2, 0.25) is 0 Å². The molecule has 0 fully saturated rings. The van der Waals surface area contributed by atoms with Gasteiger partial charge in [-0.3, -0.25) is 4.79 Å². The number of ketones is 1. The lowest BCUT2D eigenvalue weighted by Gasteiger charge is -2.09. The van der Waals surface area contributed by atoms with Gasteiger partial charge in [0.1, 0.15) is 12.4 Å². The van der Waals surface area contributed by atoms with Crippen molar-refractivity contribution in [2.24, 2.45) is 0 Å². The van der Waals surface area contributed by atoms with Crippen LogP contribution < -0.4 is 14.2 Å². The van der Waals surface area contributed by atoms with Gasteiger partial charge in [0.05, 0.1) is 14.2 Å². The molecule has 0 bridgehead atoms. The molecule has 0 spiro atoms. The second-order valence-corrected chi connectivity index (χ2v) is 4.94. The van der Waals surface area contributed by atoms with Crippen molar-refractivity contribution in [3.8, 4) is 17.2 Å². The monoisotopic (exact) mass is 324 g/mol. The van der Waals surface area contributed by atoms with E-state index in [9.17, 15) is 4.79 Å². The van der Waals surface area contributed by atoms with E-state index in [1.165, 1.54) is 6.08 Å². The number of allylic oxidation sites excluding steroid dienone is 1. The predicted molar refractivity (Wildman–Crippen MR) is 95.0 cm³/mol. The summed E-state index contributed by atoms with van der Waals surface area (Å²) >= 11 is 0. The average molecular weight is 324 g/mol. The summed E-state index contributed by atoms with van der Waals surface area (Å²) in [6, 6.07) is 12.5. The van der Waals surface area contributed by atoms with Crippen LogP contribution >= 0.6 is 0 Å². The van der Waals surface area contributed by atoms with E-state index in [1.807, 2.05) is 12.1 Å². The van der Waals surface area contributed by atoms with Crippen LogP contribution in [0.4, 0.5) is 0 Å². The van der Waals surface area contributed by atoms with Gasteiger partial charge in [0, 0.05) is 5.56 Å². The van der Waals surface area contributed by atoms with Crippen LogP contribution in [0.1, 0.15) is 15.9 Å². The Labute approximate surface area is 142 Å². The van der Waals surface area contributed by atoms with Crippen molar-refractivity contribution in [3.05, 3.63) is 72.3 Å². The van der Waals surface area contributed by atoms with Crippen molar-refractivity contribution in [2.75, 3.05) is 20.8 Å². The first-order valence-electron chi connectivity index (χ1n) is 7.46. The Bertz CT molecular complexity index is 747. The fourth-order valence-electron chi connectivity index (χ4n) is 2.10. The second kappa shape index (κ2) is 8.58. The Morgan fingerprint density at radius 3 is 2.62 bits per heavy atom. The van der Waals surface area contributed by atoms with E-state index in [0.29, 0.717) is 29.4 Å². The Balaban J connectivity index is 2.15. The van der Waals surface area contributed by atoms with Crippen LogP contribution in [-0.2, 0) is 0 Å².